The number of piperidine rings is 1. The Bertz CT molecular complexity index is 499. The predicted octanol–water partition coefficient (Wildman–Crippen LogP) is 2.14. The summed E-state index contributed by atoms with van der Waals surface area (Å²) in [4.78, 5) is 25.9. The fourth-order valence-corrected chi connectivity index (χ4v) is 2.53. The first-order chi connectivity index (χ1) is 10.1. The van der Waals surface area contributed by atoms with Crippen LogP contribution < -0.4 is 5.32 Å². The zero-order valence-corrected chi connectivity index (χ0v) is 12.6. The Hall–Kier alpha value is -1.88. The molecular formula is C16H22N2O3. The van der Waals surface area contributed by atoms with Gasteiger partial charge in [0.25, 0.3) is 0 Å². The lowest BCUT2D eigenvalue weighted by molar-refractivity contribution is -0.121. The Balaban J connectivity index is 1.93. The van der Waals surface area contributed by atoms with Crippen molar-refractivity contribution in [1.82, 2.24) is 4.90 Å². The third-order valence-corrected chi connectivity index (χ3v) is 3.66. The highest BCUT2D eigenvalue weighted by Crippen LogP contribution is 2.18. The molecule has 1 aliphatic heterocycles. The Morgan fingerprint density at radius 1 is 1.33 bits per heavy atom. The molecular weight excluding hydrogens is 268 g/mol. The summed E-state index contributed by atoms with van der Waals surface area (Å²) in [7, 11) is 2.04. The van der Waals surface area contributed by atoms with Crippen LogP contribution in [0.25, 0.3) is 0 Å². The SMILES string of the molecule is CCOC(=O)c1ccc(NC(=O)C2CCCN(C)C2)cc1. The Morgan fingerprint density at radius 2 is 2.05 bits per heavy atom. The number of benzene rings is 1. The van der Waals surface area contributed by atoms with Gasteiger partial charge in [0.2, 0.25) is 5.91 Å². The van der Waals surface area contributed by atoms with Gasteiger partial charge in [0, 0.05) is 12.2 Å². The molecule has 0 bridgehead atoms. The van der Waals surface area contributed by atoms with Crippen LogP contribution in [0.2, 0.25) is 0 Å². The molecule has 0 aliphatic carbocycles. The minimum atomic E-state index is -0.343. The van der Waals surface area contributed by atoms with Gasteiger partial charge in [0.1, 0.15) is 0 Å². The van der Waals surface area contributed by atoms with Crippen LogP contribution in [-0.2, 0) is 9.53 Å². The van der Waals surface area contributed by atoms with Gasteiger partial charge in [-0.15, -0.1) is 0 Å². The fraction of sp³-hybridized carbons (Fsp3) is 0.500. The number of ether oxygens (including phenoxy) is 1. The van der Waals surface area contributed by atoms with Crippen molar-refractivity contribution >= 4 is 17.6 Å². The third kappa shape index (κ3) is 4.29. The van der Waals surface area contributed by atoms with E-state index in [9.17, 15) is 9.59 Å². The van der Waals surface area contributed by atoms with Crippen LogP contribution in [0.15, 0.2) is 24.3 Å². The fourth-order valence-electron chi connectivity index (χ4n) is 2.53. The summed E-state index contributed by atoms with van der Waals surface area (Å²) in [6, 6.07) is 6.80. The van der Waals surface area contributed by atoms with Gasteiger partial charge in [-0.2, -0.15) is 0 Å². The number of hydrogen-bond donors (Lipinski definition) is 1. The van der Waals surface area contributed by atoms with E-state index in [1.54, 1.807) is 31.2 Å². The predicted molar refractivity (Wildman–Crippen MR) is 81.2 cm³/mol. The van der Waals surface area contributed by atoms with Gasteiger partial charge in [-0.25, -0.2) is 4.79 Å². The van der Waals surface area contributed by atoms with Gasteiger partial charge in [-0.05, 0) is 57.6 Å². The summed E-state index contributed by atoms with van der Waals surface area (Å²) in [5.41, 5.74) is 1.20. The number of esters is 1. The summed E-state index contributed by atoms with van der Waals surface area (Å²) in [6.45, 7) is 3.98. The minimum absolute atomic E-state index is 0.0356. The zero-order chi connectivity index (χ0) is 15.2. The minimum Gasteiger partial charge on any atom is -0.462 e. The molecule has 114 valence electrons. The van der Waals surface area contributed by atoms with Crippen molar-refractivity contribution in [3.8, 4) is 0 Å². The number of nitrogens with zero attached hydrogens (tertiary/aromatic N) is 1. The number of likely N-dealkylation sites (tertiary alicyclic amines) is 1. The van der Waals surface area contributed by atoms with Crippen molar-refractivity contribution in [3.63, 3.8) is 0 Å². The Labute approximate surface area is 125 Å². The van der Waals surface area contributed by atoms with Crippen LogP contribution in [0.3, 0.4) is 0 Å². The van der Waals surface area contributed by atoms with Crippen LogP contribution in [0.5, 0.6) is 0 Å². The highest BCUT2D eigenvalue weighted by Gasteiger charge is 2.23. The third-order valence-electron chi connectivity index (χ3n) is 3.66. The van der Waals surface area contributed by atoms with Crippen molar-refractivity contribution in [2.75, 3.05) is 32.1 Å². The van der Waals surface area contributed by atoms with Gasteiger partial charge < -0.3 is 15.0 Å². The molecule has 0 aromatic heterocycles. The van der Waals surface area contributed by atoms with E-state index in [0.29, 0.717) is 17.9 Å². The largest absolute Gasteiger partial charge is 0.462 e. The van der Waals surface area contributed by atoms with E-state index in [0.717, 1.165) is 25.9 Å². The molecule has 1 atom stereocenters. The van der Waals surface area contributed by atoms with Crippen LogP contribution in [0.4, 0.5) is 5.69 Å². The normalized spacial score (nSPS) is 19.0. The molecule has 0 saturated carbocycles. The second-order valence-electron chi connectivity index (χ2n) is 5.39. The van der Waals surface area contributed by atoms with E-state index in [-0.39, 0.29) is 17.8 Å². The van der Waals surface area contributed by atoms with Gasteiger partial charge in [0.15, 0.2) is 0 Å². The van der Waals surface area contributed by atoms with Gasteiger partial charge in [-0.1, -0.05) is 0 Å². The average molecular weight is 290 g/mol. The van der Waals surface area contributed by atoms with Crippen molar-refractivity contribution in [2.45, 2.75) is 19.8 Å². The van der Waals surface area contributed by atoms with E-state index < -0.39 is 0 Å². The Morgan fingerprint density at radius 3 is 2.67 bits per heavy atom. The monoisotopic (exact) mass is 290 g/mol. The summed E-state index contributed by atoms with van der Waals surface area (Å²) < 4.78 is 4.92. The molecule has 1 aromatic rings. The van der Waals surface area contributed by atoms with E-state index in [2.05, 4.69) is 10.2 Å². The standard InChI is InChI=1S/C16H22N2O3/c1-3-21-16(20)12-6-8-14(9-7-12)17-15(19)13-5-4-10-18(2)11-13/h6-9,13H,3-5,10-11H2,1-2H3,(H,17,19). The van der Waals surface area contributed by atoms with Crippen molar-refractivity contribution < 1.29 is 14.3 Å². The zero-order valence-electron chi connectivity index (χ0n) is 12.6. The molecule has 5 nitrogen and oxygen atoms in total. The molecule has 5 heteroatoms. The van der Waals surface area contributed by atoms with Gasteiger partial charge in [-0.3, -0.25) is 4.79 Å². The van der Waals surface area contributed by atoms with E-state index in [1.807, 2.05) is 7.05 Å². The summed E-state index contributed by atoms with van der Waals surface area (Å²) in [6.07, 6.45) is 1.98. The molecule has 1 N–H and O–H groups in total. The molecule has 2 rings (SSSR count). The molecule has 0 radical (unpaired) electrons. The molecule has 1 fully saturated rings. The maximum Gasteiger partial charge on any atom is 0.338 e. The van der Waals surface area contributed by atoms with Crippen LogP contribution in [0, 0.1) is 5.92 Å². The summed E-state index contributed by atoms with van der Waals surface area (Å²) >= 11 is 0. The molecule has 21 heavy (non-hydrogen) atoms. The molecule has 1 unspecified atom stereocenters. The number of anilines is 1. The number of hydrogen-bond acceptors (Lipinski definition) is 4. The topological polar surface area (TPSA) is 58.6 Å². The summed E-state index contributed by atoms with van der Waals surface area (Å²) in [5, 5.41) is 2.91. The van der Waals surface area contributed by atoms with Crippen LogP contribution >= 0.6 is 0 Å². The molecule has 1 amide bonds. The molecule has 1 heterocycles. The quantitative estimate of drug-likeness (QED) is 0.863. The lowest BCUT2D eigenvalue weighted by atomic mass is 9.97. The summed E-state index contributed by atoms with van der Waals surface area (Å²) in [5.74, 6) is -0.261. The first-order valence-electron chi connectivity index (χ1n) is 7.36. The first-order valence-corrected chi connectivity index (χ1v) is 7.36. The van der Waals surface area contributed by atoms with Crippen molar-refractivity contribution in [1.29, 1.82) is 0 Å². The molecule has 0 spiro atoms. The number of amides is 1. The Kier molecular flexibility index (Phi) is 5.33. The number of rotatable bonds is 4. The maximum atomic E-state index is 12.2. The van der Waals surface area contributed by atoms with Crippen molar-refractivity contribution in [2.24, 2.45) is 5.92 Å². The van der Waals surface area contributed by atoms with Crippen molar-refractivity contribution in [3.05, 3.63) is 29.8 Å². The second kappa shape index (κ2) is 7.22. The molecule has 1 aromatic carbocycles. The van der Waals surface area contributed by atoms with Crippen LogP contribution in [-0.4, -0.2) is 43.5 Å². The van der Waals surface area contributed by atoms with Crippen LogP contribution in [0.1, 0.15) is 30.1 Å². The second-order valence-corrected chi connectivity index (χ2v) is 5.39. The number of carbonyl (C=O) groups excluding carboxylic acids is 2. The number of carbonyl (C=O) groups is 2. The highest BCUT2D eigenvalue weighted by atomic mass is 16.5. The average Bonchev–Trinajstić information content (AvgIpc) is 2.48. The highest BCUT2D eigenvalue weighted by molar-refractivity contribution is 5.94. The van der Waals surface area contributed by atoms with E-state index >= 15 is 0 Å². The number of nitrogens with one attached hydrogen (secondary N) is 1. The molecule has 1 aliphatic rings. The van der Waals surface area contributed by atoms with Gasteiger partial charge in [0.05, 0.1) is 18.1 Å². The molecule has 1 saturated heterocycles. The van der Waals surface area contributed by atoms with E-state index in [4.69, 9.17) is 4.74 Å². The lowest BCUT2D eigenvalue weighted by Gasteiger charge is -2.28. The van der Waals surface area contributed by atoms with E-state index in [1.165, 1.54) is 0 Å². The smallest absolute Gasteiger partial charge is 0.338 e. The first kappa shape index (κ1) is 15.5. The lowest BCUT2D eigenvalue weighted by Crippen LogP contribution is -2.38. The maximum absolute atomic E-state index is 12.2. The van der Waals surface area contributed by atoms with Gasteiger partial charge >= 0.3 is 5.97 Å².